The van der Waals surface area contributed by atoms with E-state index in [1.165, 1.54) is 12.3 Å². The van der Waals surface area contributed by atoms with Crippen molar-refractivity contribution in [2.75, 3.05) is 17.2 Å². The molecular weight excluding hydrogens is 276 g/mol. The lowest BCUT2D eigenvalue weighted by Crippen LogP contribution is -2.13. The van der Waals surface area contributed by atoms with Crippen molar-refractivity contribution in [1.29, 1.82) is 0 Å². The number of pyridine rings is 1. The summed E-state index contributed by atoms with van der Waals surface area (Å²) in [4.78, 5) is 16.1. The Morgan fingerprint density at radius 1 is 1.19 bits per heavy atom. The topological polar surface area (TPSA) is 54.0 Å². The average molecular weight is 291 g/mol. The molecule has 0 saturated heterocycles. The second kappa shape index (κ2) is 6.78. The molecule has 2 N–H and O–H groups in total. The van der Waals surface area contributed by atoms with Crippen LogP contribution in [0.2, 0.25) is 0 Å². The van der Waals surface area contributed by atoms with Gasteiger partial charge in [0.05, 0.1) is 5.56 Å². The summed E-state index contributed by atoms with van der Waals surface area (Å²) in [6.07, 6.45) is 2.40. The molecule has 1 heterocycles. The number of hydrogen-bond acceptors (Lipinski definition) is 3. The van der Waals surface area contributed by atoms with Crippen molar-refractivity contribution in [2.45, 2.75) is 13.3 Å². The third-order valence-corrected chi connectivity index (χ3v) is 2.76. The molecule has 4 nitrogen and oxygen atoms in total. The number of amides is 1. The van der Waals surface area contributed by atoms with Crippen LogP contribution in [0.1, 0.15) is 23.7 Å². The minimum absolute atomic E-state index is 0.187. The summed E-state index contributed by atoms with van der Waals surface area (Å²) in [7, 11) is 0. The maximum absolute atomic E-state index is 13.1. The van der Waals surface area contributed by atoms with Gasteiger partial charge in [-0.25, -0.2) is 13.8 Å². The van der Waals surface area contributed by atoms with E-state index < -0.39 is 17.5 Å². The molecule has 110 valence electrons. The number of anilines is 2. The van der Waals surface area contributed by atoms with Gasteiger partial charge in [0.15, 0.2) is 11.6 Å². The van der Waals surface area contributed by atoms with Gasteiger partial charge < -0.3 is 10.6 Å². The highest BCUT2D eigenvalue weighted by Crippen LogP contribution is 2.14. The van der Waals surface area contributed by atoms with Crippen molar-refractivity contribution in [3.63, 3.8) is 0 Å². The van der Waals surface area contributed by atoms with Gasteiger partial charge >= 0.3 is 0 Å². The summed E-state index contributed by atoms with van der Waals surface area (Å²) in [5.41, 5.74) is 0.522. The summed E-state index contributed by atoms with van der Waals surface area (Å²) >= 11 is 0. The van der Waals surface area contributed by atoms with Crippen LogP contribution < -0.4 is 10.6 Å². The quantitative estimate of drug-likeness (QED) is 0.887. The Bertz CT molecular complexity index is 629. The minimum Gasteiger partial charge on any atom is -0.370 e. The summed E-state index contributed by atoms with van der Waals surface area (Å²) in [5, 5.41) is 5.57. The van der Waals surface area contributed by atoms with Crippen molar-refractivity contribution in [1.82, 2.24) is 4.98 Å². The number of nitrogens with zero attached hydrogens (tertiary/aromatic N) is 1. The van der Waals surface area contributed by atoms with Crippen LogP contribution in [0.3, 0.4) is 0 Å². The molecule has 0 atom stereocenters. The zero-order valence-electron chi connectivity index (χ0n) is 11.5. The maximum atomic E-state index is 13.1. The van der Waals surface area contributed by atoms with Gasteiger partial charge in [0.1, 0.15) is 5.82 Å². The predicted octanol–water partition coefficient (Wildman–Crippen LogP) is 3.43. The molecule has 0 radical (unpaired) electrons. The van der Waals surface area contributed by atoms with Gasteiger partial charge in [-0.2, -0.15) is 0 Å². The fraction of sp³-hybridized carbons (Fsp3) is 0.200. The van der Waals surface area contributed by atoms with E-state index in [0.717, 1.165) is 25.1 Å². The first kappa shape index (κ1) is 14.9. The van der Waals surface area contributed by atoms with Gasteiger partial charge in [-0.3, -0.25) is 4.79 Å². The molecular formula is C15H15F2N3O. The molecule has 1 aromatic heterocycles. The van der Waals surface area contributed by atoms with E-state index in [0.29, 0.717) is 11.4 Å². The number of benzene rings is 1. The van der Waals surface area contributed by atoms with E-state index in [4.69, 9.17) is 0 Å². The highest BCUT2D eigenvalue weighted by molar-refractivity contribution is 6.04. The second-order valence-corrected chi connectivity index (χ2v) is 4.44. The van der Waals surface area contributed by atoms with Crippen molar-refractivity contribution in [3.05, 3.63) is 53.7 Å². The smallest absolute Gasteiger partial charge is 0.257 e. The number of rotatable bonds is 5. The van der Waals surface area contributed by atoms with Gasteiger partial charge in [-0.05, 0) is 30.7 Å². The molecule has 6 heteroatoms. The number of aromatic nitrogens is 1. The van der Waals surface area contributed by atoms with Crippen molar-refractivity contribution in [3.8, 4) is 0 Å². The average Bonchev–Trinajstić information content (AvgIpc) is 2.49. The van der Waals surface area contributed by atoms with Crippen LogP contribution in [-0.2, 0) is 0 Å². The van der Waals surface area contributed by atoms with Gasteiger partial charge in [0.2, 0.25) is 0 Å². The molecule has 0 fully saturated rings. The third kappa shape index (κ3) is 3.98. The Labute approximate surface area is 121 Å². The minimum atomic E-state index is -1.01. The van der Waals surface area contributed by atoms with E-state index >= 15 is 0 Å². The number of carbonyl (C=O) groups is 1. The zero-order valence-corrected chi connectivity index (χ0v) is 11.5. The number of halogens is 2. The SMILES string of the molecule is CCCNc1ccc(C(=O)Nc2ccc(F)c(F)c2)cn1. The first-order valence-corrected chi connectivity index (χ1v) is 6.56. The summed E-state index contributed by atoms with van der Waals surface area (Å²) in [6, 6.07) is 6.48. The van der Waals surface area contributed by atoms with Crippen LogP contribution in [0.4, 0.5) is 20.3 Å². The molecule has 21 heavy (non-hydrogen) atoms. The van der Waals surface area contributed by atoms with Gasteiger partial charge in [0.25, 0.3) is 5.91 Å². The summed E-state index contributed by atoms with van der Waals surface area (Å²) in [6.45, 7) is 2.84. The standard InChI is InChI=1S/C15H15F2N3O/c1-2-7-18-14-6-3-10(9-19-14)15(21)20-11-4-5-12(16)13(17)8-11/h3-6,8-9H,2,7H2,1H3,(H,18,19)(H,20,21). The van der Waals surface area contributed by atoms with Crippen LogP contribution in [0.15, 0.2) is 36.5 Å². The number of nitrogens with one attached hydrogen (secondary N) is 2. The highest BCUT2D eigenvalue weighted by Gasteiger charge is 2.09. The molecule has 0 unspecified atom stereocenters. The number of hydrogen-bond donors (Lipinski definition) is 2. The van der Waals surface area contributed by atoms with Crippen LogP contribution in [-0.4, -0.2) is 17.4 Å². The Kier molecular flexibility index (Phi) is 4.81. The van der Waals surface area contributed by atoms with Crippen molar-refractivity contribution >= 4 is 17.4 Å². The van der Waals surface area contributed by atoms with Gasteiger partial charge in [-0.1, -0.05) is 6.92 Å². The monoisotopic (exact) mass is 291 g/mol. The normalized spacial score (nSPS) is 10.2. The predicted molar refractivity (Wildman–Crippen MR) is 77.3 cm³/mol. The Morgan fingerprint density at radius 3 is 2.62 bits per heavy atom. The molecule has 1 aromatic carbocycles. The lowest BCUT2D eigenvalue weighted by atomic mass is 10.2. The Morgan fingerprint density at radius 2 is 2.00 bits per heavy atom. The largest absolute Gasteiger partial charge is 0.370 e. The first-order valence-electron chi connectivity index (χ1n) is 6.56. The van der Waals surface area contributed by atoms with E-state index in [1.807, 2.05) is 6.92 Å². The van der Waals surface area contributed by atoms with Crippen LogP contribution >= 0.6 is 0 Å². The van der Waals surface area contributed by atoms with E-state index in [9.17, 15) is 13.6 Å². The molecule has 2 rings (SSSR count). The molecule has 0 aliphatic heterocycles. The molecule has 0 saturated carbocycles. The second-order valence-electron chi connectivity index (χ2n) is 4.44. The van der Waals surface area contributed by atoms with Crippen molar-refractivity contribution in [2.24, 2.45) is 0 Å². The molecule has 0 spiro atoms. The molecule has 2 aromatic rings. The highest BCUT2D eigenvalue weighted by atomic mass is 19.2. The fourth-order valence-electron chi connectivity index (χ4n) is 1.66. The van der Waals surface area contributed by atoms with Crippen LogP contribution in [0, 0.1) is 11.6 Å². The van der Waals surface area contributed by atoms with E-state index in [1.54, 1.807) is 12.1 Å². The molecule has 1 amide bonds. The molecule has 0 aliphatic carbocycles. The molecule has 0 bridgehead atoms. The fourth-order valence-corrected chi connectivity index (χ4v) is 1.66. The third-order valence-electron chi connectivity index (χ3n) is 2.76. The maximum Gasteiger partial charge on any atom is 0.257 e. The zero-order chi connectivity index (χ0) is 15.2. The van der Waals surface area contributed by atoms with Crippen LogP contribution in [0.25, 0.3) is 0 Å². The summed E-state index contributed by atoms with van der Waals surface area (Å²) in [5.74, 6) is -1.72. The lowest BCUT2D eigenvalue weighted by molar-refractivity contribution is 0.102. The number of carbonyl (C=O) groups excluding carboxylic acids is 1. The van der Waals surface area contributed by atoms with Gasteiger partial charge in [0, 0.05) is 24.5 Å². The summed E-state index contributed by atoms with van der Waals surface area (Å²) < 4.78 is 25.9. The van der Waals surface area contributed by atoms with E-state index in [2.05, 4.69) is 15.6 Å². The van der Waals surface area contributed by atoms with Crippen LogP contribution in [0.5, 0.6) is 0 Å². The van der Waals surface area contributed by atoms with Crippen molar-refractivity contribution < 1.29 is 13.6 Å². The van der Waals surface area contributed by atoms with E-state index in [-0.39, 0.29) is 5.69 Å². The lowest BCUT2D eigenvalue weighted by Gasteiger charge is -2.07. The molecule has 0 aliphatic rings. The first-order chi connectivity index (χ1) is 10.1. The van der Waals surface area contributed by atoms with Gasteiger partial charge in [-0.15, -0.1) is 0 Å². The Hall–Kier alpha value is -2.50. The Balaban J connectivity index is 2.04.